The van der Waals surface area contributed by atoms with Gasteiger partial charge in [0.2, 0.25) is 0 Å². The van der Waals surface area contributed by atoms with Crippen LogP contribution in [0.4, 0.5) is 0 Å². The topological polar surface area (TPSA) is 36.2 Å². The molecule has 0 spiro atoms. The minimum Gasteiger partial charge on any atom is -0.301 e. The first-order valence-electron chi connectivity index (χ1n) is 3.82. The molecule has 0 saturated carbocycles. The molecular weight excluding hydrogens is 156 g/mol. The maximum atomic E-state index is 6.88. The van der Waals surface area contributed by atoms with E-state index in [0.717, 1.165) is 23.8 Å². The quantitative estimate of drug-likeness (QED) is 0.513. The van der Waals surface area contributed by atoms with Gasteiger partial charge in [-0.15, -0.1) is 0 Å². The molecule has 0 unspecified atom stereocenters. The Morgan fingerprint density at radius 2 is 2.27 bits per heavy atom. The molecule has 0 heterocycles. The molecule has 0 aromatic heterocycles. The van der Waals surface area contributed by atoms with Crippen molar-refractivity contribution < 1.29 is 0 Å². The van der Waals surface area contributed by atoms with Crippen molar-refractivity contribution in [1.82, 2.24) is 0 Å². The van der Waals surface area contributed by atoms with Crippen molar-refractivity contribution >= 4 is 22.4 Å². The summed E-state index contributed by atoms with van der Waals surface area (Å²) in [4.78, 5) is 4.08. The molecule has 0 radical (unpaired) electrons. The molecule has 0 aromatic carbocycles. The summed E-state index contributed by atoms with van der Waals surface area (Å²) in [6.45, 7) is 4.39. The van der Waals surface area contributed by atoms with E-state index in [-0.39, 0.29) is 0 Å². The lowest BCUT2D eigenvalue weighted by Gasteiger charge is -2.03. The molecule has 0 rings (SSSR count). The summed E-state index contributed by atoms with van der Waals surface area (Å²) in [7, 11) is 1.78. The van der Waals surface area contributed by atoms with Crippen LogP contribution in [0.1, 0.15) is 26.7 Å². The van der Waals surface area contributed by atoms with Crippen molar-refractivity contribution in [1.29, 1.82) is 5.41 Å². The van der Waals surface area contributed by atoms with Crippen LogP contribution in [0.5, 0.6) is 0 Å². The third-order valence-corrected chi connectivity index (χ3v) is 2.16. The first kappa shape index (κ1) is 10.7. The molecule has 0 fully saturated rings. The van der Waals surface area contributed by atoms with Crippen LogP contribution in [0.15, 0.2) is 4.99 Å². The predicted octanol–water partition coefficient (Wildman–Crippen LogP) is 2.79. The Hall–Kier alpha value is -0.310. The van der Waals surface area contributed by atoms with Crippen LogP contribution in [-0.4, -0.2) is 17.6 Å². The third kappa shape index (κ3) is 6.10. The van der Waals surface area contributed by atoms with E-state index in [4.69, 9.17) is 5.41 Å². The van der Waals surface area contributed by atoms with Gasteiger partial charge < -0.3 is 5.41 Å². The second-order valence-electron chi connectivity index (χ2n) is 2.79. The van der Waals surface area contributed by atoms with Crippen LogP contribution in [0, 0.1) is 11.3 Å². The number of nitrogens with zero attached hydrogens (tertiary/aromatic N) is 1. The van der Waals surface area contributed by atoms with Crippen LogP contribution in [0.3, 0.4) is 0 Å². The number of nitrogens with one attached hydrogen (secondary N) is 1. The van der Waals surface area contributed by atoms with Gasteiger partial charge in [-0.2, -0.15) is 0 Å². The molecule has 2 nitrogen and oxygen atoms in total. The van der Waals surface area contributed by atoms with E-state index in [1.54, 1.807) is 7.05 Å². The summed E-state index contributed by atoms with van der Waals surface area (Å²) in [6, 6.07) is 0. The van der Waals surface area contributed by atoms with Crippen LogP contribution < -0.4 is 0 Å². The SMILES string of the molecule is CN=C(CCC(C)C)SC=N. The summed E-state index contributed by atoms with van der Waals surface area (Å²) in [6.07, 6.45) is 2.17. The van der Waals surface area contributed by atoms with E-state index in [1.165, 1.54) is 17.3 Å². The van der Waals surface area contributed by atoms with E-state index in [2.05, 4.69) is 18.8 Å². The fourth-order valence-corrected chi connectivity index (χ4v) is 1.18. The van der Waals surface area contributed by atoms with E-state index in [1.807, 2.05) is 0 Å². The fraction of sp³-hybridized carbons (Fsp3) is 0.750. The highest BCUT2D eigenvalue weighted by atomic mass is 32.2. The first-order chi connectivity index (χ1) is 5.20. The van der Waals surface area contributed by atoms with Gasteiger partial charge in [-0.3, -0.25) is 4.99 Å². The van der Waals surface area contributed by atoms with Crippen molar-refractivity contribution in [2.45, 2.75) is 26.7 Å². The fourth-order valence-electron chi connectivity index (χ4n) is 0.704. The summed E-state index contributed by atoms with van der Waals surface area (Å²) >= 11 is 1.41. The molecule has 11 heavy (non-hydrogen) atoms. The zero-order chi connectivity index (χ0) is 8.69. The zero-order valence-electron chi connectivity index (χ0n) is 7.42. The van der Waals surface area contributed by atoms with Crippen molar-refractivity contribution in [3.63, 3.8) is 0 Å². The number of thioether (sulfide) groups is 1. The highest BCUT2D eigenvalue weighted by molar-refractivity contribution is 8.24. The lowest BCUT2D eigenvalue weighted by atomic mass is 10.1. The zero-order valence-corrected chi connectivity index (χ0v) is 8.24. The van der Waals surface area contributed by atoms with Crippen molar-refractivity contribution in [3.05, 3.63) is 0 Å². The van der Waals surface area contributed by atoms with Crippen molar-refractivity contribution in [2.75, 3.05) is 7.05 Å². The first-order valence-corrected chi connectivity index (χ1v) is 4.70. The predicted molar refractivity (Wildman–Crippen MR) is 53.8 cm³/mol. The molecule has 0 saturated heterocycles. The van der Waals surface area contributed by atoms with Gasteiger partial charge in [0, 0.05) is 7.05 Å². The highest BCUT2D eigenvalue weighted by Crippen LogP contribution is 2.10. The van der Waals surface area contributed by atoms with Crippen molar-refractivity contribution in [2.24, 2.45) is 10.9 Å². The normalized spacial score (nSPS) is 12.2. The average Bonchev–Trinajstić information content (AvgIpc) is 1.97. The van der Waals surface area contributed by atoms with Crippen LogP contribution >= 0.6 is 11.8 Å². The maximum Gasteiger partial charge on any atom is 0.0729 e. The molecule has 1 N–H and O–H groups in total. The molecule has 0 aliphatic carbocycles. The van der Waals surface area contributed by atoms with E-state index in [0.29, 0.717) is 0 Å². The third-order valence-electron chi connectivity index (χ3n) is 1.38. The molecule has 0 atom stereocenters. The second kappa shape index (κ2) is 6.40. The molecule has 0 aromatic rings. The lowest BCUT2D eigenvalue weighted by molar-refractivity contribution is 0.605. The van der Waals surface area contributed by atoms with Gasteiger partial charge in [-0.05, 0) is 18.8 Å². The molecule has 0 amide bonds. The van der Waals surface area contributed by atoms with Gasteiger partial charge in [-0.25, -0.2) is 0 Å². The average molecular weight is 172 g/mol. The van der Waals surface area contributed by atoms with Gasteiger partial charge in [0.05, 0.1) is 10.6 Å². The standard InChI is InChI=1S/C8H16N2S/c1-7(2)4-5-8(10-3)11-6-9/h6-7,9H,4-5H2,1-3H3. The summed E-state index contributed by atoms with van der Waals surface area (Å²) < 4.78 is 0. The van der Waals surface area contributed by atoms with Crippen LogP contribution in [0.2, 0.25) is 0 Å². The van der Waals surface area contributed by atoms with Crippen molar-refractivity contribution in [3.8, 4) is 0 Å². The van der Waals surface area contributed by atoms with Gasteiger partial charge in [0.15, 0.2) is 0 Å². The minimum atomic E-state index is 0.720. The van der Waals surface area contributed by atoms with Gasteiger partial charge in [-0.1, -0.05) is 25.6 Å². The van der Waals surface area contributed by atoms with Gasteiger partial charge in [0.25, 0.3) is 0 Å². The molecule has 0 bridgehead atoms. The molecule has 0 aliphatic heterocycles. The summed E-state index contributed by atoms with van der Waals surface area (Å²) in [5.41, 5.74) is 1.34. The Kier molecular flexibility index (Phi) is 6.22. The van der Waals surface area contributed by atoms with E-state index >= 15 is 0 Å². The number of rotatable bonds is 4. The van der Waals surface area contributed by atoms with Crippen LogP contribution in [0.25, 0.3) is 0 Å². The lowest BCUT2D eigenvalue weighted by Crippen LogP contribution is -1.96. The minimum absolute atomic E-state index is 0.720. The number of hydrogen-bond acceptors (Lipinski definition) is 3. The molecular formula is C8H16N2S. The Labute approximate surface area is 73.0 Å². The Morgan fingerprint density at radius 3 is 2.64 bits per heavy atom. The second-order valence-corrected chi connectivity index (χ2v) is 3.73. The maximum absolute atomic E-state index is 6.88. The Morgan fingerprint density at radius 1 is 1.64 bits per heavy atom. The van der Waals surface area contributed by atoms with Gasteiger partial charge in [0.1, 0.15) is 0 Å². The molecule has 64 valence electrons. The number of aliphatic imine (C=N–C) groups is 1. The Balaban J connectivity index is 3.62. The Bertz CT molecular complexity index is 141. The smallest absolute Gasteiger partial charge is 0.0729 e. The van der Waals surface area contributed by atoms with Gasteiger partial charge >= 0.3 is 0 Å². The number of hydrogen-bond donors (Lipinski definition) is 1. The molecule has 3 heteroatoms. The molecule has 0 aliphatic rings. The largest absolute Gasteiger partial charge is 0.301 e. The van der Waals surface area contributed by atoms with E-state index < -0.39 is 0 Å². The summed E-state index contributed by atoms with van der Waals surface area (Å²) in [5.74, 6) is 0.720. The van der Waals surface area contributed by atoms with E-state index in [9.17, 15) is 0 Å². The van der Waals surface area contributed by atoms with Crippen LogP contribution in [-0.2, 0) is 0 Å². The monoisotopic (exact) mass is 172 g/mol. The highest BCUT2D eigenvalue weighted by Gasteiger charge is 1.99. The summed E-state index contributed by atoms with van der Waals surface area (Å²) in [5, 5.41) is 7.94.